The number of carbonyl (C=O) groups excluding carboxylic acids is 1. The molecule has 0 saturated carbocycles. The molecule has 2 fully saturated rings. The second-order valence-corrected chi connectivity index (χ2v) is 9.15. The average Bonchev–Trinajstić information content (AvgIpc) is 2.88. The van der Waals surface area contributed by atoms with Crippen LogP contribution in [0.3, 0.4) is 0 Å². The lowest BCUT2D eigenvalue weighted by Gasteiger charge is -2.38. The van der Waals surface area contributed by atoms with Crippen LogP contribution in [-0.2, 0) is 20.9 Å². The monoisotopic (exact) mass is 556 g/mol. The number of carbonyl (C=O) groups is 2. The Bertz CT molecular complexity index is 1170. The normalized spacial score (nSPS) is 29.4. The summed E-state index contributed by atoms with van der Waals surface area (Å²) in [6.07, 6.45) is -13.8. The molecule has 6 N–H and O–H groups in total. The Hall–Kier alpha value is -3.43. The van der Waals surface area contributed by atoms with Gasteiger partial charge in [-0.1, -0.05) is 30.3 Å². The summed E-state index contributed by atoms with van der Waals surface area (Å²) >= 11 is 0. The van der Waals surface area contributed by atoms with Gasteiger partial charge in [-0.3, -0.25) is 4.79 Å². The van der Waals surface area contributed by atoms with Gasteiger partial charge in [0.25, 0.3) is 0 Å². The molecule has 2 aromatic rings. The molecular formula is C25H27F3N2O9. The molecule has 0 aliphatic carbocycles. The number of piperidine rings is 1. The van der Waals surface area contributed by atoms with E-state index in [0.717, 1.165) is 23.8 Å². The fourth-order valence-electron chi connectivity index (χ4n) is 4.52. The topological polar surface area (TPSA) is 167 Å². The summed E-state index contributed by atoms with van der Waals surface area (Å²) in [6.45, 7) is -0.0926. The van der Waals surface area contributed by atoms with E-state index in [1.165, 1.54) is 0 Å². The first kappa shape index (κ1) is 28.6. The Morgan fingerprint density at radius 3 is 2.46 bits per heavy atom. The van der Waals surface area contributed by atoms with E-state index in [1.807, 2.05) is 30.3 Å². The maximum absolute atomic E-state index is 12.9. The number of rotatable bonds is 8. The highest BCUT2D eigenvalue weighted by Gasteiger charge is 2.48. The predicted octanol–water partition coefficient (Wildman–Crippen LogP) is 0.966. The zero-order chi connectivity index (χ0) is 28.3. The fourth-order valence-corrected chi connectivity index (χ4v) is 4.52. The van der Waals surface area contributed by atoms with E-state index in [1.54, 1.807) is 0 Å². The third-order valence-electron chi connectivity index (χ3n) is 6.44. The Kier molecular flexibility index (Phi) is 8.61. The third kappa shape index (κ3) is 6.96. The first-order valence-corrected chi connectivity index (χ1v) is 12.0. The molecule has 14 heteroatoms. The van der Waals surface area contributed by atoms with Crippen molar-refractivity contribution in [3.05, 3.63) is 59.7 Å². The van der Waals surface area contributed by atoms with Gasteiger partial charge in [-0.25, -0.2) is 4.79 Å². The van der Waals surface area contributed by atoms with E-state index < -0.39 is 54.8 Å². The van der Waals surface area contributed by atoms with Crippen LogP contribution < -0.4 is 20.1 Å². The largest absolute Gasteiger partial charge is 0.573 e. The standard InChI is InChI=1S/C25H27F3N2O9/c26-25(27,28)39-14-6-8-16(37-24-21(34)19(32)20(33)22(38-24)23(35)36)13(10-14)11-29-15-7-9-17(31)30-18(15)12-4-2-1-3-5-12/h1-6,8,10,15,18-22,24,29,32-34H,7,9,11H2,(H,30,31)(H,35,36)/t15-,18-,19-,20-,21+,22-,24+/m0/s1. The number of aliphatic hydroxyl groups is 3. The van der Waals surface area contributed by atoms with Crippen LogP contribution in [0.1, 0.15) is 30.0 Å². The van der Waals surface area contributed by atoms with E-state index in [9.17, 15) is 43.2 Å². The summed E-state index contributed by atoms with van der Waals surface area (Å²) in [5.41, 5.74) is 0.934. The highest BCUT2D eigenvalue weighted by atomic mass is 19.4. The molecule has 4 rings (SSSR count). The Morgan fingerprint density at radius 1 is 1.08 bits per heavy atom. The van der Waals surface area contributed by atoms with Crippen LogP contribution in [0.4, 0.5) is 13.2 Å². The van der Waals surface area contributed by atoms with Gasteiger partial charge < -0.3 is 45.3 Å². The summed E-state index contributed by atoms with van der Waals surface area (Å²) in [7, 11) is 0. The van der Waals surface area contributed by atoms with Gasteiger partial charge in [0, 0.05) is 24.6 Å². The molecule has 0 unspecified atom stereocenters. The molecule has 212 valence electrons. The van der Waals surface area contributed by atoms with Gasteiger partial charge in [-0.15, -0.1) is 13.2 Å². The first-order valence-electron chi connectivity index (χ1n) is 12.0. The number of amides is 1. The quantitative estimate of drug-likeness (QED) is 0.276. The summed E-state index contributed by atoms with van der Waals surface area (Å²) in [5, 5.41) is 45.7. The number of ether oxygens (including phenoxy) is 3. The summed E-state index contributed by atoms with van der Waals surface area (Å²) in [4.78, 5) is 23.5. The Balaban J connectivity index is 1.58. The minimum Gasteiger partial charge on any atom is -0.479 e. The van der Waals surface area contributed by atoms with Crippen LogP contribution in [0.5, 0.6) is 11.5 Å². The van der Waals surface area contributed by atoms with Crippen LogP contribution in [-0.4, -0.2) is 75.4 Å². The smallest absolute Gasteiger partial charge is 0.479 e. The predicted molar refractivity (Wildman–Crippen MR) is 125 cm³/mol. The number of hydrogen-bond donors (Lipinski definition) is 6. The lowest BCUT2D eigenvalue weighted by atomic mass is 9.91. The Morgan fingerprint density at radius 2 is 1.79 bits per heavy atom. The minimum atomic E-state index is -4.98. The van der Waals surface area contributed by atoms with E-state index in [4.69, 9.17) is 9.47 Å². The van der Waals surface area contributed by atoms with Crippen molar-refractivity contribution in [3.8, 4) is 11.5 Å². The second-order valence-electron chi connectivity index (χ2n) is 9.15. The van der Waals surface area contributed by atoms with Crippen molar-refractivity contribution in [2.24, 2.45) is 0 Å². The first-order chi connectivity index (χ1) is 18.4. The number of halogens is 3. The number of alkyl halides is 3. The molecule has 0 bridgehead atoms. The number of aliphatic hydroxyl groups excluding tert-OH is 3. The van der Waals surface area contributed by atoms with E-state index in [-0.39, 0.29) is 36.2 Å². The van der Waals surface area contributed by atoms with Crippen LogP contribution in [0.15, 0.2) is 48.5 Å². The lowest BCUT2D eigenvalue weighted by molar-refractivity contribution is -0.274. The van der Waals surface area contributed by atoms with Crippen molar-refractivity contribution < 1.29 is 57.4 Å². The molecule has 1 amide bonds. The number of nitrogens with one attached hydrogen (secondary N) is 2. The van der Waals surface area contributed by atoms with Crippen molar-refractivity contribution in [2.75, 3.05) is 0 Å². The lowest BCUT2D eigenvalue weighted by Crippen LogP contribution is -2.61. The maximum atomic E-state index is 12.9. The molecule has 0 radical (unpaired) electrons. The molecule has 2 aromatic carbocycles. The molecular weight excluding hydrogens is 529 g/mol. The van der Waals surface area contributed by atoms with Gasteiger partial charge in [0.1, 0.15) is 29.8 Å². The van der Waals surface area contributed by atoms with Crippen molar-refractivity contribution in [1.82, 2.24) is 10.6 Å². The molecule has 2 saturated heterocycles. The van der Waals surface area contributed by atoms with Crippen LogP contribution in [0, 0.1) is 0 Å². The van der Waals surface area contributed by atoms with Crippen LogP contribution in [0.2, 0.25) is 0 Å². The number of benzene rings is 2. The van der Waals surface area contributed by atoms with Gasteiger partial charge in [-0.05, 0) is 30.2 Å². The second kappa shape index (κ2) is 11.8. The molecule has 0 aromatic heterocycles. The summed E-state index contributed by atoms with van der Waals surface area (Å²) < 4.78 is 53.4. The molecule has 0 spiro atoms. The number of carboxylic acid groups (broad SMARTS) is 1. The minimum absolute atomic E-state index is 0.0926. The maximum Gasteiger partial charge on any atom is 0.573 e. The van der Waals surface area contributed by atoms with Crippen molar-refractivity contribution in [1.29, 1.82) is 0 Å². The highest BCUT2D eigenvalue weighted by molar-refractivity contribution is 5.77. The molecule has 7 atom stereocenters. The highest BCUT2D eigenvalue weighted by Crippen LogP contribution is 2.32. The number of carboxylic acids is 1. The number of aliphatic carboxylic acids is 1. The molecule has 2 aliphatic rings. The van der Waals surface area contributed by atoms with Crippen LogP contribution >= 0.6 is 0 Å². The number of hydrogen-bond acceptors (Lipinski definition) is 9. The SMILES string of the molecule is O=C1CC[C@H](NCc2cc(OC(F)(F)F)ccc2O[C@@H]2O[C@H](C(=O)O)[C@@H](O)[C@H](O)[C@H]2O)[C@H](c2ccccc2)N1. The van der Waals surface area contributed by atoms with Gasteiger partial charge in [-0.2, -0.15) is 0 Å². The van der Waals surface area contributed by atoms with Crippen molar-refractivity contribution >= 4 is 11.9 Å². The molecule has 2 aliphatic heterocycles. The third-order valence-corrected chi connectivity index (χ3v) is 6.44. The van der Waals surface area contributed by atoms with E-state index in [2.05, 4.69) is 15.4 Å². The average molecular weight is 556 g/mol. The Labute approximate surface area is 220 Å². The van der Waals surface area contributed by atoms with Gasteiger partial charge in [0.15, 0.2) is 6.10 Å². The van der Waals surface area contributed by atoms with Crippen molar-refractivity contribution in [2.45, 2.75) is 68.5 Å². The fraction of sp³-hybridized carbons (Fsp3) is 0.440. The zero-order valence-corrected chi connectivity index (χ0v) is 20.2. The summed E-state index contributed by atoms with van der Waals surface area (Å²) in [5.74, 6) is -2.44. The van der Waals surface area contributed by atoms with Crippen molar-refractivity contribution in [3.63, 3.8) is 0 Å². The van der Waals surface area contributed by atoms with Gasteiger partial charge in [0.2, 0.25) is 12.2 Å². The summed E-state index contributed by atoms with van der Waals surface area (Å²) in [6, 6.07) is 11.5. The van der Waals surface area contributed by atoms with E-state index in [0.29, 0.717) is 6.42 Å². The van der Waals surface area contributed by atoms with E-state index >= 15 is 0 Å². The van der Waals surface area contributed by atoms with Gasteiger partial charge in [0.05, 0.1) is 6.04 Å². The molecule has 39 heavy (non-hydrogen) atoms. The van der Waals surface area contributed by atoms with Gasteiger partial charge >= 0.3 is 12.3 Å². The zero-order valence-electron chi connectivity index (χ0n) is 20.2. The van der Waals surface area contributed by atoms with Crippen LogP contribution in [0.25, 0.3) is 0 Å². The molecule has 11 nitrogen and oxygen atoms in total. The molecule has 2 heterocycles.